The smallest absolute Gasteiger partial charge is 0.261 e. The Morgan fingerprint density at radius 3 is 2.56 bits per heavy atom. The Morgan fingerprint density at radius 1 is 1.28 bits per heavy atom. The standard InChI is InChI=1S/C19H26N4O2/c1-22-9-11-23(12-10-22)18-6-4-16(5-7-18)14-17(15-20)19(24)21-8-3-13-25-2/h4-7,14H,3,8-13H2,1-2H3,(H,21,24)/b17-14+. The van der Waals surface area contributed by atoms with Crippen molar-refractivity contribution in [2.75, 3.05) is 58.4 Å². The number of methoxy groups -OCH3 is 1. The third-order valence-corrected chi connectivity index (χ3v) is 4.25. The summed E-state index contributed by atoms with van der Waals surface area (Å²) in [6.45, 7) is 5.22. The highest BCUT2D eigenvalue weighted by Gasteiger charge is 2.14. The number of hydrogen-bond donors (Lipinski definition) is 1. The second-order valence-electron chi connectivity index (χ2n) is 6.15. The highest BCUT2D eigenvalue weighted by molar-refractivity contribution is 6.01. The number of anilines is 1. The molecular weight excluding hydrogens is 316 g/mol. The highest BCUT2D eigenvalue weighted by Crippen LogP contribution is 2.18. The Hall–Kier alpha value is -2.36. The summed E-state index contributed by atoms with van der Waals surface area (Å²) in [6, 6.07) is 9.96. The molecule has 1 fully saturated rings. The number of nitriles is 1. The minimum atomic E-state index is -0.346. The van der Waals surface area contributed by atoms with Gasteiger partial charge in [-0.2, -0.15) is 5.26 Å². The second-order valence-corrected chi connectivity index (χ2v) is 6.15. The molecule has 1 amide bonds. The number of carbonyl (C=O) groups excluding carboxylic acids is 1. The number of rotatable bonds is 7. The van der Waals surface area contributed by atoms with Gasteiger partial charge in [-0.15, -0.1) is 0 Å². The van der Waals surface area contributed by atoms with Crippen LogP contribution in [0.25, 0.3) is 6.08 Å². The molecular formula is C19H26N4O2. The van der Waals surface area contributed by atoms with Crippen molar-refractivity contribution in [3.63, 3.8) is 0 Å². The Kier molecular flexibility index (Phi) is 7.45. The molecule has 0 atom stereocenters. The summed E-state index contributed by atoms with van der Waals surface area (Å²) >= 11 is 0. The largest absolute Gasteiger partial charge is 0.385 e. The molecule has 1 aromatic rings. The summed E-state index contributed by atoms with van der Waals surface area (Å²) in [5, 5.41) is 12.0. The molecule has 0 aliphatic carbocycles. The van der Waals surface area contributed by atoms with E-state index >= 15 is 0 Å². The van der Waals surface area contributed by atoms with Crippen molar-refractivity contribution in [3.05, 3.63) is 35.4 Å². The van der Waals surface area contributed by atoms with Gasteiger partial charge in [0.05, 0.1) is 0 Å². The molecule has 25 heavy (non-hydrogen) atoms. The average molecular weight is 342 g/mol. The van der Waals surface area contributed by atoms with E-state index in [9.17, 15) is 10.1 Å². The van der Waals surface area contributed by atoms with Gasteiger partial charge in [0.25, 0.3) is 5.91 Å². The quantitative estimate of drug-likeness (QED) is 0.462. The third kappa shape index (κ3) is 5.89. The van der Waals surface area contributed by atoms with Gasteiger partial charge >= 0.3 is 0 Å². The zero-order chi connectivity index (χ0) is 18.1. The van der Waals surface area contributed by atoms with Gasteiger partial charge in [-0.1, -0.05) is 12.1 Å². The summed E-state index contributed by atoms with van der Waals surface area (Å²) in [5.74, 6) is -0.346. The van der Waals surface area contributed by atoms with E-state index in [2.05, 4.69) is 22.2 Å². The Balaban J connectivity index is 1.96. The molecule has 0 saturated carbocycles. The fraction of sp³-hybridized carbons (Fsp3) is 0.474. The number of amides is 1. The average Bonchev–Trinajstić information content (AvgIpc) is 2.64. The zero-order valence-electron chi connectivity index (χ0n) is 15.0. The highest BCUT2D eigenvalue weighted by atomic mass is 16.5. The molecule has 1 aromatic carbocycles. The predicted octanol–water partition coefficient (Wildman–Crippen LogP) is 1.50. The van der Waals surface area contributed by atoms with Gasteiger partial charge in [0, 0.05) is 52.1 Å². The number of nitrogens with zero attached hydrogens (tertiary/aromatic N) is 3. The van der Waals surface area contributed by atoms with E-state index < -0.39 is 0 Å². The van der Waals surface area contributed by atoms with Crippen molar-refractivity contribution >= 4 is 17.7 Å². The first kappa shape index (κ1) is 19.0. The van der Waals surface area contributed by atoms with Crippen LogP contribution in [-0.2, 0) is 9.53 Å². The van der Waals surface area contributed by atoms with Gasteiger partial charge in [-0.25, -0.2) is 0 Å². The summed E-state index contributed by atoms with van der Waals surface area (Å²) in [4.78, 5) is 16.7. The molecule has 1 saturated heterocycles. The number of hydrogen-bond acceptors (Lipinski definition) is 5. The van der Waals surface area contributed by atoms with Crippen LogP contribution in [0, 0.1) is 11.3 Å². The van der Waals surface area contributed by atoms with E-state index in [0.29, 0.717) is 13.2 Å². The van der Waals surface area contributed by atoms with Crippen molar-refractivity contribution < 1.29 is 9.53 Å². The minimum absolute atomic E-state index is 0.116. The SMILES string of the molecule is COCCCNC(=O)/C(C#N)=C/c1ccc(N2CCN(C)CC2)cc1. The summed E-state index contributed by atoms with van der Waals surface area (Å²) in [6.07, 6.45) is 2.35. The summed E-state index contributed by atoms with van der Waals surface area (Å²) < 4.78 is 4.94. The van der Waals surface area contributed by atoms with E-state index in [1.807, 2.05) is 30.3 Å². The number of piperazine rings is 1. The van der Waals surface area contributed by atoms with E-state index in [4.69, 9.17) is 4.74 Å². The normalized spacial score (nSPS) is 15.7. The molecule has 0 radical (unpaired) electrons. The Bertz CT molecular complexity index is 626. The van der Waals surface area contributed by atoms with Crippen LogP contribution in [0.4, 0.5) is 5.69 Å². The van der Waals surface area contributed by atoms with Crippen LogP contribution in [-0.4, -0.2) is 64.3 Å². The predicted molar refractivity (Wildman–Crippen MR) is 99.2 cm³/mol. The van der Waals surface area contributed by atoms with Crippen molar-refractivity contribution in [3.8, 4) is 6.07 Å². The molecule has 0 spiro atoms. The fourth-order valence-electron chi connectivity index (χ4n) is 2.67. The molecule has 0 bridgehead atoms. The molecule has 1 aliphatic rings. The van der Waals surface area contributed by atoms with Crippen LogP contribution in [0.15, 0.2) is 29.8 Å². The first-order valence-electron chi connectivity index (χ1n) is 8.56. The van der Waals surface area contributed by atoms with Crippen LogP contribution in [0.1, 0.15) is 12.0 Å². The van der Waals surface area contributed by atoms with Crippen LogP contribution in [0.3, 0.4) is 0 Å². The Labute approximate surface area is 149 Å². The summed E-state index contributed by atoms with van der Waals surface area (Å²) in [7, 11) is 3.75. The maximum atomic E-state index is 12.0. The molecule has 1 heterocycles. The number of ether oxygens (including phenoxy) is 1. The van der Waals surface area contributed by atoms with Crippen molar-refractivity contribution in [2.45, 2.75) is 6.42 Å². The van der Waals surface area contributed by atoms with Gasteiger partial charge in [0.1, 0.15) is 11.6 Å². The van der Waals surface area contributed by atoms with Crippen LogP contribution >= 0.6 is 0 Å². The molecule has 6 nitrogen and oxygen atoms in total. The summed E-state index contributed by atoms with van der Waals surface area (Å²) in [5.41, 5.74) is 2.14. The van der Waals surface area contributed by atoms with E-state index in [0.717, 1.165) is 38.2 Å². The van der Waals surface area contributed by atoms with Crippen LogP contribution in [0.2, 0.25) is 0 Å². The van der Waals surface area contributed by atoms with E-state index in [1.54, 1.807) is 13.2 Å². The Morgan fingerprint density at radius 2 is 1.96 bits per heavy atom. The first-order valence-corrected chi connectivity index (χ1v) is 8.56. The van der Waals surface area contributed by atoms with Gasteiger partial charge in [0.15, 0.2) is 0 Å². The lowest BCUT2D eigenvalue weighted by Gasteiger charge is -2.34. The maximum absolute atomic E-state index is 12.0. The topological polar surface area (TPSA) is 68.6 Å². The maximum Gasteiger partial charge on any atom is 0.261 e. The van der Waals surface area contributed by atoms with Gasteiger partial charge < -0.3 is 19.9 Å². The van der Waals surface area contributed by atoms with Gasteiger partial charge in [-0.05, 0) is 37.2 Å². The zero-order valence-corrected chi connectivity index (χ0v) is 15.0. The van der Waals surface area contributed by atoms with Crippen molar-refractivity contribution in [2.24, 2.45) is 0 Å². The minimum Gasteiger partial charge on any atom is -0.385 e. The lowest BCUT2D eigenvalue weighted by Crippen LogP contribution is -2.44. The number of carbonyl (C=O) groups is 1. The lowest BCUT2D eigenvalue weighted by molar-refractivity contribution is -0.117. The molecule has 134 valence electrons. The van der Waals surface area contributed by atoms with Crippen molar-refractivity contribution in [1.82, 2.24) is 10.2 Å². The number of benzene rings is 1. The third-order valence-electron chi connectivity index (χ3n) is 4.25. The van der Waals surface area contributed by atoms with Crippen LogP contribution in [0.5, 0.6) is 0 Å². The molecule has 0 aromatic heterocycles. The van der Waals surface area contributed by atoms with E-state index in [1.165, 1.54) is 5.69 Å². The first-order chi connectivity index (χ1) is 12.1. The molecule has 6 heteroatoms. The molecule has 2 rings (SSSR count). The molecule has 0 unspecified atom stereocenters. The lowest BCUT2D eigenvalue weighted by atomic mass is 10.1. The van der Waals surface area contributed by atoms with Crippen molar-refractivity contribution in [1.29, 1.82) is 5.26 Å². The molecule has 1 aliphatic heterocycles. The number of likely N-dealkylation sites (N-methyl/N-ethyl adjacent to an activating group) is 1. The fourth-order valence-corrected chi connectivity index (χ4v) is 2.67. The molecule has 1 N–H and O–H groups in total. The van der Waals surface area contributed by atoms with Crippen LogP contribution < -0.4 is 10.2 Å². The van der Waals surface area contributed by atoms with E-state index in [-0.39, 0.29) is 11.5 Å². The second kappa shape index (κ2) is 9.82. The monoisotopic (exact) mass is 342 g/mol. The van der Waals surface area contributed by atoms with Gasteiger partial charge in [0.2, 0.25) is 0 Å². The van der Waals surface area contributed by atoms with Gasteiger partial charge in [-0.3, -0.25) is 4.79 Å². The number of nitrogens with one attached hydrogen (secondary N) is 1.